The Hall–Kier alpha value is -1.30. The highest BCUT2D eigenvalue weighted by atomic mass is 32.2. The van der Waals surface area contributed by atoms with E-state index in [2.05, 4.69) is 0 Å². The van der Waals surface area contributed by atoms with Crippen molar-refractivity contribution in [1.29, 1.82) is 0 Å². The molecule has 0 saturated heterocycles. The molecule has 5 nitrogen and oxygen atoms in total. The molecular weight excluding hydrogens is 204 g/mol. The summed E-state index contributed by atoms with van der Waals surface area (Å²) in [6.45, 7) is 1.99. The summed E-state index contributed by atoms with van der Waals surface area (Å²) in [6, 6.07) is 2.50. The third kappa shape index (κ3) is 2.59. The molecule has 1 heterocycles. The van der Waals surface area contributed by atoms with Crippen molar-refractivity contribution in [2.45, 2.75) is 18.4 Å². The summed E-state index contributed by atoms with van der Waals surface area (Å²) in [6.07, 6.45) is 2.09. The second kappa shape index (κ2) is 4.80. The predicted octanol–water partition coefficient (Wildman–Crippen LogP) is 1.73. The highest BCUT2D eigenvalue weighted by Gasteiger charge is 2.13. The van der Waals surface area contributed by atoms with Crippen LogP contribution in [-0.4, -0.2) is 10.7 Å². The zero-order chi connectivity index (χ0) is 10.6. The van der Waals surface area contributed by atoms with Crippen LogP contribution in [0.4, 0.5) is 5.69 Å². The Morgan fingerprint density at radius 3 is 2.93 bits per heavy atom. The largest absolute Gasteiger partial charge is 0.618 e. The molecule has 0 bridgehead atoms. The standard InChI is InChI=1S/C8H10N2O3S/c1-2-5-14-8-6-7(10(12)13)3-4-9(8)11/h3-4,6H,2,5H2,1H3. The van der Waals surface area contributed by atoms with Gasteiger partial charge in [-0.2, -0.15) is 4.73 Å². The molecule has 0 spiro atoms. The lowest BCUT2D eigenvalue weighted by Gasteiger charge is -2.01. The van der Waals surface area contributed by atoms with Crippen molar-refractivity contribution < 1.29 is 9.65 Å². The van der Waals surface area contributed by atoms with Gasteiger partial charge in [0.15, 0.2) is 6.20 Å². The van der Waals surface area contributed by atoms with Gasteiger partial charge < -0.3 is 5.21 Å². The second-order valence-electron chi connectivity index (χ2n) is 2.65. The van der Waals surface area contributed by atoms with E-state index in [4.69, 9.17) is 0 Å². The summed E-state index contributed by atoms with van der Waals surface area (Å²) in [4.78, 5) is 9.92. The molecule has 0 aliphatic rings. The van der Waals surface area contributed by atoms with Gasteiger partial charge in [-0.25, -0.2) is 0 Å². The van der Waals surface area contributed by atoms with Crippen LogP contribution in [0.5, 0.6) is 0 Å². The third-order valence-electron chi connectivity index (χ3n) is 1.53. The molecule has 0 aliphatic carbocycles. The maximum Gasteiger partial charge on any atom is 0.282 e. The van der Waals surface area contributed by atoms with Crippen LogP contribution in [0.25, 0.3) is 0 Å². The van der Waals surface area contributed by atoms with Crippen LogP contribution >= 0.6 is 11.8 Å². The number of hydrogen-bond acceptors (Lipinski definition) is 4. The monoisotopic (exact) mass is 214 g/mol. The third-order valence-corrected chi connectivity index (χ3v) is 2.74. The molecule has 76 valence electrons. The van der Waals surface area contributed by atoms with E-state index in [1.54, 1.807) is 0 Å². The van der Waals surface area contributed by atoms with E-state index in [1.807, 2.05) is 6.92 Å². The maximum atomic E-state index is 11.2. The molecule has 0 aliphatic heterocycles. The number of pyridine rings is 1. The molecule has 0 unspecified atom stereocenters. The molecule has 0 atom stereocenters. The highest BCUT2D eigenvalue weighted by molar-refractivity contribution is 7.99. The van der Waals surface area contributed by atoms with E-state index in [-0.39, 0.29) is 5.69 Å². The van der Waals surface area contributed by atoms with Crippen LogP contribution in [0.3, 0.4) is 0 Å². The van der Waals surface area contributed by atoms with Gasteiger partial charge in [-0.15, -0.1) is 0 Å². The number of nitro groups is 1. The second-order valence-corrected chi connectivity index (χ2v) is 3.77. The van der Waals surface area contributed by atoms with E-state index in [1.165, 1.54) is 23.9 Å². The molecule has 1 rings (SSSR count). The van der Waals surface area contributed by atoms with Gasteiger partial charge >= 0.3 is 0 Å². The topological polar surface area (TPSA) is 70.1 Å². The highest BCUT2D eigenvalue weighted by Crippen LogP contribution is 2.19. The molecule has 1 aromatic heterocycles. The summed E-state index contributed by atoms with van der Waals surface area (Å²) >= 11 is 1.32. The SMILES string of the molecule is CCCSc1cc([N+](=O)[O-])cc[n+]1[O-]. The fourth-order valence-corrected chi connectivity index (χ4v) is 1.69. The number of nitrogens with zero attached hydrogens (tertiary/aromatic N) is 2. The summed E-state index contributed by atoms with van der Waals surface area (Å²) in [7, 11) is 0. The van der Waals surface area contributed by atoms with E-state index < -0.39 is 4.92 Å². The van der Waals surface area contributed by atoms with Gasteiger partial charge in [0.1, 0.15) is 0 Å². The molecule has 0 fully saturated rings. The quantitative estimate of drug-likeness (QED) is 0.251. The molecule has 14 heavy (non-hydrogen) atoms. The first-order valence-corrected chi connectivity index (χ1v) is 5.14. The Labute approximate surface area is 85.5 Å². The Morgan fingerprint density at radius 1 is 1.64 bits per heavy atom. The summed E-state index contributed by atoms with van der Waals surface area (Å²) in [5.41, 5.74) is -0.0456. The zero-order valence-corrected chi connectivity index (χ0v) is 8.49. The van der Waals surface area contributed by atoms with Gasteiger partial charge in [-0.1, -0.05) is 18.7 Å². The summed E-state index contributed by atoms with van der Waals surface area (Å²) in [5, 5.41) is 22.0. The lowest BCUT2D eigenvalue weighted by molar-refractivity contribution is -0.646. The van der Waals surface area contributed by atoms with Gasteiger partial charge in [0, 0.05) is 5.75 Å². The number of hydrogen-bond donors (Lipinski definition) is 0. The van der Waals surface area contributed by atoms with Crippen molar-refractivity contribution in [3.05, 3.63) is 33.7 Å². The first-order valence-electron chi connectivity index (χ1n) is 4.15. The average molecular weight is 214 g/mol. The van der Waals surface area contributed by atoms with Crippen LogP contribution in [0.1, 0.15) is 13.3 Å². The van der Waals surface area contributed by atoms with Crippen LogP contribution < -0.4 is 4.73 Å². The lowest BCUT2D eigenvalue weighted by Crippen LogP contribution is -2.28. The van der Waals surface area contributed by atoms with Gasteiger partial charge in [0.05, 0.1) is 17.1 Å². The molecule has 6 heteroatoms. The van der Waals surface area contributed by atoms with Crippen molar-refractivity contribution in [3.63, 3.8) is 0 Å². The van der Waals surface area contributed by atoms with Crippen molar-refractivity contribution in [2.24, 2.45) is 0 Å². The Kier molecular flexibility index (Phi) is 3.70. The Bertz CT molecular complexity index is 343. The van der Waals surface area contributed by atoms with Crippen LogP contribution in [0.2, 0.25) is 0 Å². The predicted molar refractivity (Wildman–Crippen MR) is 53.1 cm³/mol. The number of rotatable bonds is 4. The molecule has 1 aromatic rings. The molecule has 0 saturated carbocycles. The Balaban J connectivity index is 2.90. The number of aromatic nitrogens is 1. The van der Waals surface area contributed by atoms with Gasteiger partial charge in [-0.3, -0.25) is 10.1 Å². The first-order chi connectivity index (χ1) is 6.65. The van der Waals surface area contributed by atoms with Crippen LogP contribution in [0, 0.1) is 15.3 Å². The summed E-state index contributed by atoms with van der Waals surface area (Å²) < 4.78 is 0.646. The fraction of sp³-hybridized carbons (Fsp3) is 0.375. The fourth-order valence-electron chi connectivity index (χ4n) is 0.881. The minimum absolute atomic E-state index is 0.0456. The molecule has 0 amide bonds. The first kappa shape index (κ1) is 10.8. The minimum Gasteiger partial charge on any atom is -0.618 e. The molecule has 0 N–H and O–H groups in total. The van der Waals surface area contributed by atoms with E-state index in [0.717, 1.165) is 18.4 Å². The normalized spacial score (nSPS) is 10.1. The van der Waals surface area contributed by atoms with Gasteiger partial charge in [0.25, 0.3) is 10.7 Å². The van der Waals surface area contributed by atoms with E-state index >= 15 is 0 Å². The average Bonchev–Trinajstić information content (AvgIpc) is 2.16. The summed E-state index contributed by atoms with van der Waals surface area (Å²) in [5.74, 6) is 0.781. The van der Waals surface area contributed by atoms with Crippen LogP contribution in [-0.2, 0) is 0 Å². The lowest BCUT2D eigenvalue weighted by atomic mass is 10.4. The molecule has 0 aromatic carbocycles. The van der Waals surface area contributed by atoms with Crippen molar-refractivity contribution in [1.82, 2.24) is 0 Å². The van der Waals surface area contributed by atoms with E-state index in [9.17, 15) is 15.3 Å². The molecule has 0 radical (unpaired) electrons. The van der Waals surface area contributed by atoms with Crippen LogP contribution in [0.15, 0.2) is 23.4 Å². The zero-order valence-electron chi connectivity index (χ0n) is 7.67. The van der Waals surface area contributed by atoms with Gasteiger partial charge in [0.2, 0.25) is 0 Å². The van der Waals surface area contributed by atoms with Crippen molar-refractivity contribution >= 4 is 17.4 Å². The minimum atomic E-state index is -0.504. The molecular formula is C8H10N2O3S. The maximum absolute atomic E-state index is 11.2. The van der Waals surface area contributed by atoms with E-state index in [0.29, 0.717) is 9.76 Å². The number of thioether (sulfide) groups is 1. The van der Waals surface area contributed by atoms with Gasteiger partial charge in [-0.05, 0) is 6.42 Å². The smallest absolute Gasteiger partial charge is 0.282 e. The Morgan fingerprint density at radius 2 is 2.36 bits per heavy atom. The van der Waals surface area contributed by atoms with Crippen molar-refractivity contribution in [2.75, 3.05) is 5.75 Å². The van der Waals surface area contributed by atoms with Crippen molar-refractivity contribution in [3.8, 4) is 0 Å².